The Morgan fingerprint density at radius 3 is 2.39 bits per heavy atom. The van der Waals surface area contributed by atoms with E-state index < -0.39 is 5.60 Å². The number of nitrogens with zero attached hydrogens (tertiary/aromatic N) is 3. The van der Waals surface area contributed by atoms with Crippen LogP contribution in [0.4, 0.5) is 4.79 Å². The van der Waals surface area contributed by atoms with Gasteiger partial charge >= 0.3 is 6.09 Å². The standard InChI is InChI=1S/C28H38N4O4/c1-28(2,3)36-27(35)31-16-14-30(15-17-31)25(33)19-8-7-13-32(18-19)26(34)22-11-6-10-21-20-9-4-5-12-23(20)29-24(21)22/h6,10-11,19,29H,4-5,7-9,12-18H2,1-3H3/t19-/m1/s1. The molecule has 1 atom stereocenters. The molecule has 194 valence electrons. The van der Waals surface area contributed by atoms with E-state index in [0.29, 0.717) is 44.8 Å². The SMILES string of the molecule is CC(C)(C)OC(=O)N1CCN(C(=O)[C@@H]2CCCN(C(=O)c3cccc4c5c([nH]c34)CCCC5)C2)CC1. The summed E-state index contributed by atoms with van der Waals surface area (Å²) in [6.07, 6.45) is 5.76. The zero-order valence-corrected chi connectivity index (χ0v) is 21.8. The average Bonchev–Trinajstić information content (AvgIpc) is 3.26. The predicted molar refractivity (Wildman–Crippen MR) is 138 cm³/mol. The molecule has 8 heteroatoms. The number of hydrogen-bond donors (Lipinski definition) is 1. The third-order valence-corrected chi connectivity index (χ3v) is 7.66. The minimum Gasteiger partial charge on any atom is -0.444 e. The van der Waals surface area contributed by atoms with Gasteiger partial charge in [0.2, 0.25) is 5.91 Å². The first-order chi connectivity index (χ1) is 17.2. The first-order valence-electron chi connectivity index (χ1n) is 13.4. The van der Waals surface area contributed by atoms with E-state index in [1.165, 1.54) is 29.5 Å². The Morgan fingerprint density at radius 2 is 1.64 bits per heavy atom. The maximum Gasteiger partial charge on any atom is 0.410 e. The summed E-state index contributed by atoms with van der Waals surface area (Å²) in [5.41, 5.74) is 3.75. The summed E-state index contributed by atoms with van der Waals surface area (Å²) in [5, 5.41) is 1.17. The Labute approximate surface area is 212 Å². The van der Waals surface area contributed by atoms with E-state index in [-0.39, 0.29) is 23.8 Å². The number of rotatable bonds is 2. The maximum absolute atomic E-state index is 13.6. The molecule has 2 fully saturated rings. The molecule has 3 aliphatic rings. The highest BCUT2D eigenvalue weighted by Crippen LogP contribution is 2.32. The highest BCUT2D eigenvalue weighted by molar-refractivity contribution is 6.07. The number of ether oxygens (including phenoxy) is 1. The second-order valence-electron chi connectivity index (χ2n) is 11.4. The number of aromatic nitrogens is 1. The molecule has 5 rings (SSSR count). The number of likely N-dealkylation sites (tertiary alicyclic amines) is 1. The molecule has 3 heterocycles. The summed E-state index contributed by atoms with van der Waals surface area (Å²) in [5.74, 6) is -0.108. The van der Waals surface area contributed by atoms with Crippen molar-refractivity contribution in [2.45, 2.75) is 64.9 Å². The quantitative estimate of drug-likeness (QED) is 0.684. The lowest BCUT2D eigenvalue weighted by Crippen LogP contribution is -2.54. The highest BCUT2D eigenvalue weighted by Gasteiger charge is 2.35. The van der Waals surface area contributed by atoms with Crippen molar-refractivity contribution in [1.82, 2.24) is 19.7 Å². The number of aromatic amines is 1. The van der Waals surface area contributed by atoms with Crippen LogP contribution in [0.5, 0.6) is 0 Å². The number of amides is 3. The monoisotopic (exact) mass is 494 g/mol. The van der Waals surface area contributed by atoms with Crippen molar-refractivity contribution in [2.24, 2.45) is 5.92 Å². The summed E-state index contributed by atoms with van der Waals surface area (Å²) >= 11 is 0. The Bertz CT molecular complexity index is 1160. The van der Waals surface area contributed by atoms with Crippen LogP contribution >= 0.6 is 0 Å². The number of benzene rings is 1. The number of fused-ring (bicyclic) bond motifs is 3. The van der Waals surface area contributed by atoms with Crippen LogP contribution in [0.25, 0.3) is 10.9 Å². The summed E-state index contributed by atoms with van der Waals surface area (Å²) < 4.78 is 5.47. The number of carbonyl (C=O) groups is 3. The molecule has 1 aromatic carbocycles. The summed E-state index contributed by atoms with van der Waals surface area (Å²) in [6.45, 7) is 8.60. The second-order valence-corrected chi connectivity index (χ2v) is 11.4. The first-order valence-corrected chi connectivity index (χ1v) is 13.4. The molecule has 1 aromatic heterocycles. The molecule has 1 aliphatic carbocycles. The number of para-hydroxylation sites is 1. The second kappa shape index (κ2) is 9.79. The molecule has 36 heavy (non-hydrogen) atoms. The number of piperidine rings is 1. The maximum atomic E-state index is 13.6. The minimum atomic E-state index is -0.536. The highest BCUT2D eigenvalue weighted by atomic mass is 16.6. The molecule has 2 saturated heterocycles. The Balaban J connectivity index is 1.23. The van der Waals surface area contributed by atoms with E-state index in [4.69, 9.17) is 4.74 Å². The number of piperazine rings is 1. The van der Waals surface area contributed by atoms with Gasteiger partial charge in [-0.15, -0.1) is 0 Å². The van der Waals surface area contributed by atoms with E-state index in [1.807, 2.05) is 42.7 Å². The fourth-order valence-corrected chi connectivity index (χ4v) is 5.84. The Morgan fingerprint density at radius 1 is 0.917 bits per heavy atom. The lowest BCUT2D eigenvalue weighted by Gasteiger charge is -2.39. The molecule has 0 radical (unpaired) electrons. The molecule has 2 aromatic rings. The molecular weight excluding hydrogens is 456 g/mol. The molecular formula is C28H38N4O4. The van der Waals surface area contributed by atoms with Crippen LogP contribution < -0.4 is 0 Å². The van der Waals surface area contributed by atoms with E-state index in [1.54, 1.807) is 4.90 Å². The minimum absolute atomic E-state index is 0.00596. The smallest absolute Gasteiger partial charge is 0.410 e. The van der Waals surface area contributed by atoms with Gasteiger partial charge < -0.3 is 24.4 Å². The Kier molecular flexibility index (Phi) is 6.70. The normalized spacial score (nSPS) is 20.9. The number of aryl methyl sites for hydroxylation is 2. The van der Waals surface area contributed by atoms with Gasteiger partial charge in [0.1, 0.15) is 5.60 Å². The van der Waals surface area contributed by atoms with E-state index in [9.17, 15) is 14.4 Å². The number of H-pyrrole nitrogens is 1. The summed E-state index contributed by atoms with van der Waals surface area (Å²) in [4.78, 5) is 48.3. The third kappa shape index (κ3) is 4.95. The Hall–Kier alpha value is -3.03. The molecule has 0 bridgehead atoms. The predicted octanol–water partition coefficient (Wildman–Crippen LogP) is 3.98. The van der Waals surface area contributed by atoms with Gasteiger partial charge in [0.15, 0.2) is 0 Å². The lowest BCUT2D eigenvalue weighted by atomic mass is 9.94. The molecule has 1 N–H and O–H groups in total. The zero-order chi connectivity index (χ0) is 25.4. The fraction of sp³-hybridized carbons (Fsp3) is 0.607. The molecule has 0 saturated carbocycles. The number of hydrogen-bond acceptors (Lipinski definition) is 4. The third-order valence-electron chi connectivity index (χ3n) is 7.66. The summed E-state index contributed by atoms with van der Waals surface area (Å²) in [7, 11) is 0. The van der Waals surface area contributed by atoms with Gasteiger partial charge in [0.25, 0.3) is 5.91 Å². The van der Waals surface area contributed by atoms with Crippen LogP contribution in [0, 0.1) is 5.92 Å². The van der Waals surface area contributed by atoms with Gasteiger partial charge in [-0.1, -0.05) is 12.1 Å². The van der Waals surface area contributed by atoms with Crippen molar-refractivity contribution in [3.05, 3.63) is 35.0 Å². The van der Waals surface area contributed by atoms with Crippen molar-refractivity contribution in [3.8, 4) is 0 Å². The van der Waals surface area contributed by atoms with Crippen LogP contribution in [0.15, 0.2) is 18.2 Å². The van der Waals surface area contributed by atoms with Crippen LogP contribution in [0.2, 0.25) is 0 Å². The molecule has 0 spiro atoms. The molecule has 3 amide bonds. The van der Waals surface area contributed by atoms with Crippen molar-refractivity contribution < 1.29 is 19.1 Å². The lowest BCUT2D eigenvalue weighted by molar-refractivity contribution is -0.138. The number of nitrogens with one attached hydrogen (secondary N) is 1. The summed E-state index contributed by atoms with van der Waals surface area (Å²) in [6, 6.07) is 6.01. The van der Waals surface area contributed by atoms with Crippen molar-refractivity contribution in [2.75, 3.05) is 39.3 Å². The van der Waals surface area contributed by atoms with E-state index >= 15 is 0 Å². The average molecular weight is 495 g/mol. The van der Waals surface area contributed by atoms with Gasteiger partial charge in [-0.05, 0) is 70.9 Å². The molecule has 8 nitrogen and oxygen atoms in total. The van der Waals surface area contributed by atoms with E-state index in [0.717, 1.165) is 31.2 Å². The topological polar surface area (TPSA) is 85.9 Å². The van der Waals surface area contributed by atoms with Crippen molar-refractivity contribution in [3.63, 3.8) is 0 Å². The van der Waals surface area contributed by atoms with Crippen molar-refractivity contribution in [1.29, 1.82) is 0 Å². The van der Waals surface area contributed by atoms with Gasteiger partial charge in [0, 0.05) is 50.3 Å². The van der Waals surface area contributed by atoms with Gasteiger partial charge in [-0.3, -0.25) is 9.59 Å². The van der Waals surface area contributed by atoms with Crippen LogP contribution in [0.1, 0.15) is 68.1 Å². The largest absolute Gasteiger partial charge is 0.444 e. The molecule has 2 aliphatic heterocycles. The first kappa shape index (κ1) is 24.7. The zero-order valence-electron chi connectivity index (χ0n) is 21.8. The molecule has 0 unspecified atom stereocenters. The van der Waals surface area contributed by atoms with Crippen LogP contribution in [-0.4, -0.2) is 82.5 Å². The van der Waals surface area contributed by atoms with Gasteiger partial charge in [0.05, 0.1) is 17.0 Å². The van der Waals surface area contributed by atoms with Crippen LogP contribution in [-0.2, 0) is 22.4 Å². The van der Waals surface area contributed by atoms with Gasteiger partial charge in [-0.25, -0.2) is 4.79 Å². The van der Waals surface area contributed by atoms with Crippen LogP contribution in [0.3, 0.4) is 0 Å². The van der Waals surface area contributed by atoms with Crippen molar-refractivity contribution >= 4 is 28.8 Å². The van der Waals surface area contributed by atoms with Gasteiger partial charge in [-0.2, -0.15) is 0 Å². The fourth-order valence-electron chi connectivity index (χ4n) is 5.84. The number of carbonyl (C=O) groups excluding carboxylic acids is 3. The van der Waals surface area contributed by atoms with E-state index in [2.05, 4.69) is 11.1 Å².